The quantitative estimate of drug-likeness (QED) is 0.478. The number of fused-ring (bicyclic) bond motifs is 9. The van der Waals surface area contributed by atoms with Crippen molar-refractivity contribution in [1.29, 1.82) is 0 Å². The molecule has 184 valence electrons. The van der Waals surface area contributed by atoms with Crippen LogP contribution in [-0.4, -0.2) is 57.4 Å². The number of ketones is 1. The Kier molecular flexibility index (Phi) is 4.20. The first-order valence-electron chi connectivity index (χ1n) is 13.0. The Morgan fingerprint density at radius 2 is 1.94 bits per heavy atom. The van der Waals surface area contributed by atoms with E-state index in [0.29, 0.717) is 12.3 Å². The second-order valence-electron chi connectivity index (χ2n) is 12.6. The fourth-order valence-corrected chi connectivity index (χ4v) is 8.72. The standard InChI is InChI=1S/C28H36O6/c1-14(19-13-25(2)27(4,34-25)24(30)32-19)15-7-5-8-17-16(15)10-11-18-21(17)22-23(33-22)28(31)12-6-9-20(29)26(18,28)3/h5-7,9-10,14-15,17-19,21-24,30-31H,8,11-13H2,1-4H3/t14-,15+,17+,18-,19?,21-,22-,23-,24?,25+,26-,27-,28-/m0/s1. The van der Waals surface area contributed by atoms with Crippen molar-refractivity contribution < 1.29 is 29.2 Å². The molecule has 13 atom stereocenters. The van der Waals surface area contributed by atoms with Crippen molar-refractivity contribution in [3.05, 3.63) is 36.0 Å². The minimum Gasteiger partial charge on any atom is -0.386 e. The number of aliphatic hydroxyl groups is 2. The lowest BCUT2D eigenvalue weighted by Crippen LogP contribution is -2.66. The van der Waals surface area contributed by atoms with E-state index in [-0.39, 0.29) is 53.4 Å². The van der Waals surface area contributed by atoms with E-state index in [9.17, 15) is 15.0 Å². The Labute approximate surface area is 201 Å². The predicted molar refractivity (Wildman–Crippen MR) is 123 cm³/mol. The van der Waals surface area contributed by atoms with Gasteiger partial charge in [0, 0.05) is 12.3 Å². The van der Waals surface area contributed by atoms with Gasteiger partial charge >= 0.3 is 0 Å². The summed E-state index contributed by atoms with van der Waals surface area (Å²) in [7, 11) is 0. The highest BCUT2D eigenvalue weighted by Gasteiger charge is 2.76. The molecule has 0 aromatic rings. The molecule has 3 saturated heterocycles. The predicted octanol–water partition coefficient (Wildman–Crippen LogP) is 3.08. The summed E-state index contributed by atoms with van der Waals surface area (Å²) in [5, 5.41) is 22.3. The van der Waals surface area contributed by atoms with E-state index in [1.54, 1.807) is 6.08 Å². The van der Waals surface area contributed by atoms with Crippen LogP contribution in [0.3, 0.4) is 0 Å². The van der Waals surface area contributed by atoms with Gasteiger partial charge in [0.05, 0.1) is 17.6 Å². The van der Waals surface area contributed by atoms with Gasteiger partial charge in [0.1, 0.15) is 22.9 Å². The van der Waals surface area contributed by atoms with Crippen LogP contribution in [0.2, 0.25) is 0 Å². The molecule has 3 aliphatic heterocycles. The van der Waals surface area contributed by atoms with Crippen LogP contribution < -0.4 is 0 Å². The van der Waals surface area contributed by atoms with Gasteiger partial charge in [-0.3, -0.25) is 4.79 Å². The maximum absolute atomic E-state index is 13.2. The molecule has 1 saturated carbocycles. The Balaban J connectivity index is 1.21. The lowest BCUT2D eigenvalue weighted by Gasteiger charge is -2.57. The Morgan fingerprint density at radius 3 is 2.71 bits per heavy atom. The van der Waals surface area contributed by atoms with Gasteiger partial charge < -0.3 is 24.4 Å². The molecule has 0 radical (unpaired) electrons. The molecule has 0 bridgehead atoms. The molecule has 2 N–H and O–H groups in total. The van der Waals surface area contributed by atoms with E-state index in [1.165, 1.54) is 5.57 Å². The van der Waals surface area contributed by atoms with Gasteiger partial charge in [-0.25, -0.2) is 0 Å². The van der Waals surface area contributed by atoms with Crippen LogP contribution in [0.1, 0.15) is 53.4 Å². The number of ether oxygens (including phenoxy) is 3. The third kappa shape index (κ3) is 2.42. The number of carbonyl (C=O) groups is 1. The molecule has 0 aromatic heterocycles. The van der Waals surface area contributed by atoms with Gasteiger partial charge in [0.15, 0.2) is 12.1 Å². The molecule has 6 heteroatoms. The van der Waals surface area contributed by atoms with Crippen LogP contribution in [0.4, 0.5) is 0 Å². The molecule has 0 aromatic carbocycles. The van der Waals surface area contributed by atoms with Crippen LogP contribution in [0.15, 0.2) is 36.0 Å². The normalized spacial score (nSPS) is 59.6. The van der Waals surface area contributed by atoms with Gasteiger partial charge in [-0.05, 0) is 69.8 Å². The maximum atomic E-state index is 13.2. The zero-order valence-corrected chi connectivity index (χ0v) is 20.4. The maximum Gasteiger partial charge on any atom is 0.186 e. The van der Waals surface area contributed by atoms with Gasteiger partial charge in [-0.15, -0.1) is 0 Å². The largest absolute Gasteiger partial charge is 0.386 e. The second-order valence-corrected chi connectivity index (χ2v) is 12.6. The zero-order valence-electron chi connectivity index (χ0n) is 20.4. The summed E-state index contributed by atoms with van der Waals surface area (Å²) in [5.74, 6) is 1.06. The average molecular weight is 469 g/mol. The van der Waals surface area contributed by atoms with Crippen LogP contribution in [0, 0.1) is 35.0 Å². The molecule has 7 rings (SSSR count). The molecule has 3 heterocycles. The number of hydrogen-bond acceptors (Lipinski definition) is 6. The number of rotatable bonds is 2. The molecule has 7 aliphatic rings. The lowest BCUT2D eigenvalue weighted by molar-refractivity contribution is -0.196. The lowest BCUT2D eigenvalue weighted by atomic mass is 9.46. The first kappa shape index (κ1) is 21.9. The number of hydrogen-bond donors (Lipinski definition) is 2. The van der Waals surface area contributed by atoms with Crippen molar-refractivity contribution in [3.63, 3.8) is 0 Å². The van der Waals surface area contributed by atoms with Crippen molar-refractivity contribution in [2.24, 2.45) is 35.0 Å². The summed E-state index contributed by atoms with van der Waals surface area (Å²) in [4.78, 5) is 13.2. The molecule has 2 unspecified atom stereocenters. The van der Waals surface area contributed by atoms with Crippen LogP contribution in [0.5, 0.6) is 0 Å². The van der Waals surface area contributed by atoms with Gasteiger partial charge in [0.2, 0.25) is 0 Å². The first-order chi connectivity index (χ1) is 16.1. The molecular formula is C28H36O6. The Hall–Kier alpha value is -1.31. The van der Waals surface area contributed by atoms with E-state index in [4.69, 9.17) is 14.2 Å². The van der Waals surface area contributed by atoms with E-state index < -0.39 is 22.9 Å². The summed E-state index contributed by atoms with van der Waals surface area (Å²) in [6, 6.07) is 0. The molecule has 4 aliphatic carbocycles. The van der Waals surface area contributed by atoms with E-state index in [0.717, 1.165) is 19.3 Å². The number of allylic oxidation sites excluding steroid dienone is 5. The van der Waals surface area contributed by atoms with E-state index >= 15 is 0 Å². The SMILES string of the molecule is C[C@H](C1C[C@@]2(C)O[C@@]2(C)C(O)O1)[C@H]1C=CC[C@@H]2C1=CC[C@H]1[C@H]2[C@@H]2O[C@@H]2[C@@]2(O)CC=CC(=O)[C@]12C. The van der Waals surface area contributed by atoms with Crippen molar-refractivity contribution in [2.45, 2.75) is 94.8 Å². The zero-order chi connectivity index (χ0) is 23.8. The van der Waals surface area contributed by atoms with Crippen LogP contribution in [-0.2, 0) is 19.0 Å². The highest BCUT2D eigenvalue weighted by molar-refractivity contribution is 5.97. The third-order valence-electron chi connectivity index (χ3n) is 11.3. The van der Waals surface area contributed by atoms with Crippen molar-refractivity contribution in [2.75, 3.05) is 0 Å². The monoisotopic (exact) mass is 468 g/mol. The average Bonchev–Trinajstić information content (AvgIpc) is 3.70. The van der Waals surface area contributed by atoms with Crippen LogP contribution >= 0.6 is 0 Å². The summed E-state index contributed by atoms with van der Waals surface area (Å²) >= 11 is 0. The second kappa shape index (κ2) is 6.51. The molecule has 34 heavy (non-hydrogen) atoms. The molecule has 0 amide bonds. The summed E-state index contributed by atoms with van der Waals surface area (Å²) in [6.45, 7) is 8.21. The highest BCUT2D eigenvalue weighted by atomic mass is 16.7. The Bertz CT molecular complexity index is 1050. The number of carbonyl (C=O) groups excluding carboxylic acids is 1. The first-order valence-corrected chi connectivity index (χ1v) is 13.0. The van der Waals surface area contributed by atoms with Crippen molar-refractivity contribution in [1.82, 2.24) is 0 Å². The molecule has 6 nitrogen and oxygen atoms in total. The van der Waals surface area contributed by atoms with Gasteiger partial charge in [-0.1, -0.05) is 36.8 Å². The Morgan fingerprint density at radius 1 is 1.15 bits per heavy atom. The van der Waals surface area contributed by atoms with Crippen LogP contribution in [0.25, 0.3) is 0 Å². The van der Waals surface area contributed by atoms with Crippen molar-refractivity contribution in [3.8, 4) is 0 Å². The smallest absolute Gasteiger partial charge is 0.186 e. The van der Waals surface area contributed by atoms with E-state index in [2.05, 4.69) is 32.1 Å². The van der Waals surface area contributed by atoms with Gasteiger partial charge in [-0.2, -0.15) is 0 Å². The number of aliphatic hydroxyl groups excluding tert-OH is 1. The molecule has 0 spiro atoms. The minimum atomic E-state index is -1.11. The topological polar surface area (TPSA) is 91.8 Å². The summed E-state index contributed by atoms with van der Waals surface area (Å²) < 4.78 is 18.2. The minimum absolute atomic E-state index is 0.0192. The number of epoxide rings is 2. The summed E-state index contributed by atoms with van der Waals surface area (Å²) in [6.07, 6.45) is 12.2. The summed E-state index contributed by atoms with van der Waals surface area (Å²) in [5.41, 5.74) is -1.43. The van der Waals surface area contributed by atoms with Crippen molar-refractivity contribution >= 4 is 5.78 Å². The third-order valence-corrected chi connectivity index (χ3v) is 11.3. The van der Waals surface area contributed by atoms with E-state index in [1.807, 2.05) is 19.9 Å². The van der Waals surface area contributed by atoms with Gasteiger partial charge in [0.25, 0.3) is 0 Å². The highest BCUT2D eigenvalue weighted by Crippen LogP contribution is 2.67. The fraction of sp³-hybridized carbons (Fsp3) is 0.750. The molecular weight excluding hydrogens is 432 g/mol. The fourth-order valence-electron chi connectivity index (χ4n) is 8.72. The molecule has 4 fully saturated rings.